The summed E-state index contributed by atoms with van der Waals surface area (Å²) < 4.78 is 11.1. The number of nitrogens with one attached hydrogen (secondary N) is 1. The standard InChI is InChI=1S/C16H15NO3/c1-19-14-7-12-8-16(18)17-13(12)9-15(14)20-10-11-5-3-2-4-6-11/h2-7,9H,8,10H2,1H3,(H,17,18). The number of carbonyl (C=O) groups excluding carboxylic acids is 1. The fraction of sp³-hybridized carbons (Fsp3) is 0.188. The van der Waals surface area contributed by atoms with Crippen LogP contribution in [-0.4, -0.2) is 13.0 Å². The SMILES string of the molecule is COc1cc2c(cc1OCc1ccccc1)NC(=O)C2. The molecule has 0 aliphatic carbocycles. The molecule has 102 valence electrons. The lowest BCUT2D eigenvalue weighted by atomic mass is 10.1. The highest BCUT2D eigenvalue weighted by Gasteiger charge is 2.21. The summed E-state index contributed by atoms with van der Waals surface area (Å²) in [6.07, 6.45) is 0.394. The predicted molar refractivity (Wildman–Crippen MR) is 76.1 cm³/mol. The van der Waals surface area contributed by atoms with Crippen molar-refractivity contribution in [3.63, 3.8) is 0 Å². The van der Waals surface area contributed by atoms with E-state index in [1.807, 2.05) is 42.5 Å². The Kier molecular flexibility index (Phi) is 3.29. The Hall–Kier alpha value is -2.49. The van der Waals surface area contributed by atoms with Crippen LogP contribution in [-0.2, 0) is 17.8 Å². The number of methoxy groups -OCH3 is 1. The average molecular weight is 269 g/mol. The first-order valence-electron chi connectivity index (χ1n) is 6.44. The molecule has 2 aromatic rings. The molecule has 4 heteroatoms. The molecule has 1 amide bonds. The van der Waals surface area contributed by atoms with E-state index in [0.29, 0.717) is 24.5 Å². The molecular weight excluding hydrogens is 254 g/mol. The highest BCUT2D eigenvalue weighted by atomic mass is 16.5. The van der Waals surface area contributed by atoms with Gasteiger partial charge in [0, 0.05) is 11.8 Å². The Bertz CT molecular complexity index is 638. The second-order valence-corrected chi connectivity index (χ2v) is 4.66. The zero-order chi connectivity index (χ0) is 13.9. The maximum absolute atomic E-state index is 11.4. The first kappa shape index (κ1) is 12.5. The molecule has 0 saturated carbocycles. The largest absolute Gasteiger partial charge is 0.493 e. The van der Waals surface area contributed by atoms with Crippen molar-refractivity contribution in [1.82, 2.24) is 0 Å². The molecule has 1 aliphatic rings. The summed E-state index contributed by atoms with van der Waals surface area (Å²) in [7, 11) is 1.60. The van der Waals surface area contributed by atoms with E-state index in [2.05, 4.69) is 5.32 Å². The Morgan fingerprint density at radius 2 is 1.95 bits per heavy atom. The third kappa shape index (κ3) is 2.45. The number of fused-ring (bicyclic) bond motifs is 1. The van der Waals surface area contributed by atoms with Crippen LogP contribution in [0.5, 0.6) is 11.5 Å². The summed E-state index contributed by atoms with van der Waals surface area (Å²) in [6, 6.07) is 13.6. The number of amides is 1. The molecule has 20 heavy (non-hydrogen) atoms. The summed E-state index contributed by atoms with van der Waals surface area (Å²) in [6.45, 7) is 0.462. The molecule has 0 atom stereocenters. The number of hydrogen-bond acceptors (Lipinski definition) is 3. The lowest BCUT2D eigenvalue weighted by Gasteiger charge is -2.12. The lowest BCUT2D eigenvalue weighted by molar-refractivity contribution is -0.115. The number of anilines is 1. The Labute approximate surface area is 117 Å². The van der Waals surface area contributed by atoms with Gasteiger partial charge in [0.1, 0.15) is 6.61 Å². The van der Waals surface area contributed by atoms with Gasteiger partial charge in [0.05, 0.1) is 13.5 Å². The van der Waals surface area contributed by atoms with Crippen LogP contribution in [0.3, 0.4) is 0 Å². The van der Waals surface area contributed by atoms with E-state index < -0.39 is 0 Å². The van der Waals surface area contributed by atoms with Gasteiger partial charge >= 0.3 is 0 Å². The third-order valence-electron chi connectivity index (χ3n) is 3.25. The smallest absolute Gasteiger partial charge is 0.228 e. The van der Waals surface area contributed by atoms with Crippen LogP contribution >= 0.6 is 0 Å². The molecule has 0 unspecified atom stereocenters. The van der Waals surface area contributed by atoms with Gasteiger partial charge in [-0.25, -0.2) is 0 Å². The Balaban J connectivity index is 1.82. The van der Waals surface area contributed by atoms with E-state index in [9.17, 15) is 4.79 Å². The highest BCUT2D eigenvalue weighted by Crippen LogP contribution is 2.36. The molecule has 0 saturated heterocycles. The normalized spacial score (nSPS) is 12.8. The van der Waals surface area contributed by atoms with E-state index in [-0.39, 0.29) is 5.91 Å². The van der Waals surface area contributed by atoms with Crippen molar-refractivity contribution in [1.29, 1.82) is 0 Å². The first-order chi connectivity index (χ1) is 9.76. The van der Waals surface area contributed by atoms with E-state index in [0.717, 1.165) is 16.8 Å². The molecule has 0 spiro atoms. The highest BCUT2D eigenvalue weighted by molar-refractivity contribution is 5.99. The molecule has 0 aromatic heterocycles. The quantitative estimate of drug-likeness (QED) is 0.928. The number of rotatable bonds is 4. The molecule has 1 aliphatic heterocycles. The van der Waals surface area contributed by atoms with E-state index in [1.165, 1.54) is 0 Å². The van der Waals surface area contributed by atoms with Crippen LogP contribution in [0, 0.1) is 0 Å². The molecule has 1 N–H and O–H groups in total. The number of ether oxygens (including phenoxy) is 2. The minimum absolute atomic E-state index is 0.00209. The number of benzene rings is 2. The van der Waals surface area contributed by atoms with Gasteiger partial charge in [-0.05, 0) is 17.2 Å². The van der Waals surface area contributed by atoms with E-state index in [1.54, 1.807) is 7.11 Å². The number of hydrogen-bond donors (Lipinski definition) is 1. The minimum atomic E-state index is 0.00209. The van der Waals surface area contributed by atoms with Crippen LogP contribution < -0.4 is 14.8 Å². The van der Waals surface area contributed by atoms with Crippen LogP contribution in [0.4, 0.5) is 5.69 Å². The summed E-state index contributed by atoms with van der Waals surface area (Å²) in [5, 5.41) is 2.81. The topological polar surface area (TPSA) is 47.6 Å². The van der Waals surface area contributed by atoms with Gasteiger partial charge in [-0.3, -0.25) is 4.79 Å². The summed E-state index contributed by atoms with van der Waals surface area (Å²) in [5.41, 5.74) is 2.83. The summed E-state index contributed by atoms with van der Waals surface area (Å²) in [4.78, 5) is 11.4. The maximum atomic E-state index is 11.4. The zero-order valence-corrected chi connectivity index (χ0v) is 11.2. The van der Waals surface area contributed by atoms with Crippen molar-refractivity contribution >= 4 is 11.6 Å². The molecule has 3 rings (SSSR count). The minimum Gasteiger partial charge on any atom is -0.493 e. The van der Waals surface area contributed by atoms with Gasteiger partial charge in [0.25, 0.3) is 0 Å². The first-order valence-corrected chi connectivity index (χ1v) is 6.44. The van der Waals surface area contributed by atoms with E-state index >= 15 is 0 Å². The predicted octanol–water partition coefficient (Wildman–Crippen LogP) is 2.77. The van der Waals surface area contributed by atoms with Gasteiger partial charge in [-0.2, -0.15) is 0 Å². The fourth-order valence-corrected chi connectivity index (χ4v) is 2.24. The van der Waals surface area contributed by atoms with E-state index in [4.69, 9.17) is 9.47 Å². The third-order valence-corrected chi connectivity index (χ3v) is 3.25. The monoisotopic (exact) mass is 269 g/mol. The fourth-order valence-electron chi connectivity index (χ4n) is 2.24. The second kappa shape index (κ2) is 5.25. The Morgan fingerprint density at radius 3 is 2.70 bits per heavy atom. The van der Waals surface area contributed by atoms with Crippen molar-refractivity contribution in [2.45, 2.75) is 13.0 Å². The lowest BCUT2D eigenvalue weighted by Crippen LogP contribution is -2.03. The van der Waals surface area contributed by atoms with Gasteiger partial charge < -0.3 is 14.8 Å². The van der Waals surface area contributed by atoms with Gasteiger partial charge in [0.2, 0.25) is 5.91 Å². The van der Waals surface area contributed by atoms with Crippen molar-refractivity contribution < 1.29 is 14.3 Å². The molecule has 0 radical (unpaired) electrons. The van der Waals surface area contributed by atoms with Crippen LogP contribution in [0.15, 0.2) is 42.5 Å². The van der Waals surface area contributed by atoms with Crippen LogP contribution in [0.2, 0.25) is 0 Å². The molecular formula is C16H15NO3. The van der Waals surface area contributed by atoms with Crippen molar-refractivity contribution in [2.75, 3.05) is 12.4 Å². The van der Waals surface area contributed by atoms with Gasteiger partial charge in [0.15, 0.2) is 11.5 Å². The second-order valence-electron chi connectivity index (χ2n) is 4.66. The van der Waals surface area contributed by atoms with Gasteiger partial charge in [-0.15, -0.1) is 0 Å². The average Bonchev–Trinajstić information content (AvgIpc) is 2.84. The zero-order valence-electron chi connectivity index (χ0n) is 11.2. The summed E-state index contributed by atoms with van der Waals surface area (Å²) >= 11 is 0. The summed E-state index contributed by atoms with van der Waals surface area (Å²) in [5.74, 6) is 1.29. The molecule has 4 nitrogen and oxygen atoms in total. The molecule has 0 bridgehead atoms. The Morgan fingerprint density at radius 1 is 1.15 bits per heavy atom. The van der Waals surface area contributed by atoms with Crippen LogP contribution in [0.25, 0.3) is 0 Å². The molecule has 0 fully saturated rings. The van der Waals surface area contributed by atoms with Crippen molar-refractivity contribution in [2.24, 2.45) is 0 Å². The van der Waals surface area contributed by atoms with Crippen molar-refractivity contribution in [3.8, 4) is 11.5 Å². The van der Waals surface area contributed by atoms with Crippen molar-refractivity contribution in [3.05, 3.63) is 53.6 Å². The maximum Gasteiger partial charge on any atom is 0.228 e. The van der Waals surface area contributed by atoms with Crippen LogP contribution in [0.1, 0.15) is 11.1 Å². The number of carbonyl (C=O) groups is 1. The van der Waals surface area contributed by atoms with Gasteiger partial charge in [-0.1, -0.05) is 30.3 Å². The molecule has 1 heterocycles. The molecule has 2 aromatic carbocycles.